The number of nitrogens with one attached hydrogen (secondary N) is 1. The summed E-state index contributed by atoms with van der Waals surface area (Å²) >= 11 is 0. The number of nitriles is 1. The van der Waals surface area contributed by atoms with Crippen molar-refractivity contribution >= 4 is 5.82 Å². The Hall–Kier alpha value is -1.74. The maximum absolute atomic E-state index is 11.7. The van der Waals surface area contributed by atoms with Gasteiger partial charge in [0.25, 0.3) is 6.43 Å². The van der Waals surface area contributed by atoms with Crippen molar-refractivity contribution in [1.82, 2.24) is 4.98 Å². The van der Waals surface area contributed by atoms with Crippen LogP contribution in [0.3, 0.4) is 0 Å². The van der Waals surface area contributed by atoms with Gasteiger partial charge in [-0.15, -0.1) is 0 Å². The standard InChI is InChI=1S/C10H11F2N3O/c11-9(12)7-16-5-4-14-10-3-1-2-8(6-13)15-10/h1-3,9H,4-5,7H2,(H,14,15). The highest BCUT2D eigenvalue weighted by Gasteiger charge is 2.01. The van der Waals surface area contributed by atoms with Crippen molar-refractivity contribution in [2.24, 2.45) is 0 Å². The number of rotatable bonds is 6. The van der Waals surface area contributed by atoms with Crippen LogP contribution in [0.25, 0.3) is 0 Å². The Morgan fingerprint density at radius 3 is 3.00 bits per heavy atom. The Morgan fingerprint density at radius 1 is 1.50 bits per heavy atom. The molecule has 86 valence electrons. The van der Waals surface area contributed by atoms with E-state index in [2.05, 4.69) is 15.0 Å². The van der Waals surface area contributed by atoms with Gasteiger partial charge in [0.2, 0.25) is 0 Å². The molecule has 0 atom stereocenters. The van der Waals surface area contributed by atoms with Crippen molar-refractivity contribution in [3.8, 4) is 6.07 Å². The van der Waals surface area contributed by atoms with Crippen molar-refractivity contribution in [2.75, 3.05) is 25.1 Å². The highest BCUT2D eigenvalue weighted by atomic mass is 19.3. The van der Waals surface area contributed by atoms with E-state index in [1.54, 1.807) is 18.2 Å². The largest absolute Gasteiger partial charge is 0.374 e. The quantitative estimate of drug-likeness (QED) is 0.750. The van der Waals surface area contributed by atoms with Crippen LogP contribution in [0, 0.1) is 11.3 Å². The van der Waals surface area contributed by atoms with Crippen LogP contribution >= 0.6 is 0 Å². The van der Waals surface area contributed by atoms with Gasteiger partial charge in [-0.25, -0.2) is 13.8 Å². The lowest BCUT2D eigenvalue weighted by Gasteiger charge is -2.06. The third-order valence-electron chi connectivity index (χ3n) is 1.66. The number of aromatic nitrogens is 1. The zero-order valence-electron chi connectivity index (χ0n) is 8.49. The van der Waals surface area contributed by atoms with Crippen LogP contribution in [0.4, 0.5) is 14.6 Å². The predicted molar refractivity (Wildman–Crippen MR) is 54.3 cm³/mol. The zero-order chi connectivity index (χ0) is 11.8. The summed E-state index contributed by atoms with van der Waals surface area (Å²) in [4.78, 5) is 3.95. The van der Waals surface area contributed by atoms with Crippen LogP contribution in [0.15, 0.2) is 18.2 Å². The summed E-state index contributed by atoms with van der Waals surface area (Å²) in [7, 11) is 0. The summed E-state index contributed by atoms with van der Waals surface area (Å²) in [5.41, 5.74) is 0.304. The van der Waals surface area contributed by atoms with Gasteiger partial charge in [-0.05, 0) is 12.1 Å². The molecule has 0 amide bonds. The predicted octanol–water partition coefficient (Wildman–Crippen LogP) is 1.65. The second-order valence-corrected chi connectivity index (χ2v) is 2.91. The molecule has 1 aromatic rings. The number of ether oxygens (including phenoxy) is 1. The van der Waals surface area contributed by atoms with E-state index < -0.39 is 13.0 Å². The van der Waals surface area contributed by atoms with Crippen molar-refractivity contribution in [3.05, 3.63) is 23.9 Å². The molecule has 0 unspecified atom stereocenters. The molecule has 1 heterocycles. The van der Waals surface area contributed by atoms with E-state index in [4.69, 9.17) is 5.26 Å². The van der Waals surface area contributed by atoms with E-state index in [-0.39, 0.29) is 6.61 Å². The van der Waals surface area contributed by atoms with Crippen molar-refractivity contribution in [3.63, 3.8) is 0 Å². The van der Waals surface area contributed by atoms with Crippen LogP contribution in [0.2, 0.25) is 0 Å². The number of halogens is 2. The summed E-state index contributed by atoms with van der Waals surface area (Å²) in [5, 5.41) is 11.4. The number of anilines is 1. The van der Waals surface area contributed by atoms with Crippen LogP contribution in [0.1, 0.15) is 5.69 Å². The molecule has 16 heavy (non-hydrogen) atoms. The van der Waals surface area contributed by atoms with E-state index in [9.17, 15) is 8.78 Å². The third-order valence-corrected chi connectivity index (χ3v) is 1.66. The molecule has 1 rings (SSSR count). The van der Waals surface area contributed by atoms with Gasteiger partial charge in [0.15, 0.2) is 0 Å². The monoisotopic (exact) mass is 227 g/mol. The number of alkyl halides is 2. The molecule has 0 aliphatic carbocycles. The van der Waals surface area contributed by atoms with E-state index in [0.717, 1.165) is 0 Å². The first-order chi connectivity index (χ1) is 7.72. The molecule has 1 aromatic heterocycles. The Bertz CT molecular complexity index is 365. The molecule has 0 radical (unpaired) electrons. The molecule has 0 aromatic carbocycles. The fourth-order valence-corrected chi connectivity index (χ4v) is 1.02. The zero-order valence-corrected chi connectivity index (χ0v) is 8.49. The Morgan fingerprint density at radius 2 is 2.31 bits per heavy atom. The van der Waals surface area contributed by atoms with E-state index >= 15 is 0 Å². The van der Waals surface area contributed by atoms with Gasteiger partial charge in [0.1, 0.15) is 24.2 Å². The molecule has 0 fully saturated rings. The minimum atomic E-state index is -2.44. The average Bonchev–Trinajstić information content (AvgIpc) is 2.28. The summed E-state index contributed by atoms with van der Waals surface area (Å²) in [6, 6.07) is 6.86. The van der Waals surface area contributed by atoms with E-state index in [0.29, 0.717) is 18.1 Å². The normalized spacial score (nSPS) is 10.1. The summed E-state index contributed by atoms with van der Waals surface area (Å²) in [5.74, 6) is 0.527. The minimum Gasteiger partial charge on any atom is -0.374 e. The van der Waals surface area contributed by atoms with Gasteiger partial charge in [0.05, 0.1) is 6.61 Å². The smallest absolute Gasteiger partial charge is 0.261 e. The third kappa shape index (κ3) is 4.66. The van der Waals surface area contributed by atoms with Crippen LogP contribution in [-0.4, -0.2) is 31.2 Å². The van der Waals surface area contributed by atoms with Crippen LogP contribution < -0.4 is 5.32 Å². The number of hydrogen-bond donors (Lipinski definition) is 1. The molecule has 0 saturated carbocycles. The topological polar surface area (TPSA) is 57.9 Å². The molecule has 0 saturated heterocycles. The maximum Gasteiger partial charge on any atom is 0.261 e. The van der Waals surface area contributed by atoms with Gasteiger partial charge < -0.3 is 10.1 Å². The summed E-state index contributed by atoms with van der Waals surface area (Å²) in [6.07, 6.45) is -2.44. The van der Waals surface area contributed by atoms with Gasteiger partial charge >= 0.3 is 0 Å². The molecule has 0 bridgehead atoms. The first kappa shape index (κ1) is 12.3. The molecular weight excluding hydrogens is 216 g/mol. The molecule has 0 aliphatic rings. The first-order valence-corrected chi connectivity index (χ1v) is 4.69. The van der Waals surface area contributed by atoms with Crippen molar-refractivity contribution in [1.29, 1.82) is 5.26 Å². The Kier molecular flexibility index (Phi) is 5.16. The molecule has 0 aliphatic heterocycles. The molecular formula is C10H11F2N3O. The van der Waals surface area contributed by atoms with Gasteiger partial charge in [-0.3, -0.25) is 0 Å². The van der Waals surface area contributed by atoms with E-state index in [1.165, 1.54) is 0 Å². The van der Waals surface area contributed by atoms with Gasteiger partial charge in [-0.1, -0.05) is 6.07 Å². The minimum absolute atomic E-state index is 0.169. The molecule has 6 heteroatoms. The lowest BCUT2D eigenvalue weighted by Crippen LogP contribution is -2.13. The molecule has 1 N–H and O–H groups in total. The SMILES string of the molecule is N#Cc1cccc(NCCOCC(F)F)n1. The van der Waals surface area contributed by atoms with Gasteiger partial charge in [0, 0.05) is 6.54 Å². The fourth-order valence-electron chi connectivity index (χ4n) is 1.02. The number of pyridine rings is 1. The highest BCUT2D eigenvalue weighted by Crippen LogP contribution is 2.03. The number of hydrogen-bond acceptors (Lipinski definition) is 4. The summed E-state index contributed by atoms with van der Waals surface area (Å²) < 4.78 is 28.0. The maximum atomic E-state index is 11.7. The van der Waals surface area contributed by atoms with Crippen molar-refractivity contribution < 1.29 is 13.5 Å². The van der Waals surface area contributed by atoms with Gasteiger partial charge in [-0.2, -0.15) is 5.26 Å². The lowest BCUT2D eigenvalue weighted by atomic mass is 10.3. The first-order valence-electron chi connectivity index (χ1n) is 4.69. The average molecular weight is 227 g/mol. The highest BCUT2D eigenvalue weighted by molar-refractivity contribution is 5.38. The fraction of sp³-hybridized carbons (Fsp3) is 0.400. The Labute approximate surface area is 91.9 Å². The summed E-state index contributed by atoms with van der Waals surface area (Å²) in [6.45, 7) is -0.0231. The van der Waals surface area contributed by atoms with E-state index in [1.807, 2.05) is 6.07 Å². The Balaban J connectivity index is 2.24. The molecule has 4 nitrogen and oxygen atoms in total. The van der Waals surface area contributed by atoms with Crippen molar-refractivity contribution in [2.45, 2.75) is 6.43 Å². The second kappa shape index (κ2) is 6.69. The van der Waals surface area contributed by atoms with Crippen LogP contribution in [-0.2, 0) is 4.74 Å². The lowest BCUT2D eigenvalue weighted by molar-refractivity contribution is 0.0215. The molecule has 0 spiro atoms. The van der Waals surface area contributed by atoms with Crippen LogP contribution in [0.5, 0.6) is 0 Å². The number of nitrogens with zero attached hydrogens (tertiary/aromatic N) is 2. The second-order valence-electron chi connectivity index (χ2n) is 2.91.